The maximum Gasteiger partial charge on any atom is 0.322 e. The van der Waals surface area contributed by atoms with E-state index in [-0.39, 0.29) is 40.2 Å². The highest BCUT2D eigenvalue weighted by molar-refractivity contribution is 6.45. The van der Waals surface area contributed by atoms with Gasteiger partial charge in [0, 0.05) is 5.56 Å². The van der Waals surface area contributed by atoms with E-state index < -0.39 is 18.4 Å². The summed E-state index contributed by atoms with van der Waals surface area (Å²) in [5, 5.41) is 10.8. The van der Waals surface area contributed by atoms with Crippen LogP contribution in [0.15, 0.2) is 24.3 Å². The van der Waals surface area contributed by atoms with Crippen molar-refractivity contribution in [1.82, 2.24) is 5.32 Å². The fourth-order valence-electron chi connectivity index (χ4n) is 1.69. The summed E-state index contributed by atoms with van der Waals surface area (Å²) >= 11 is 12.2. The second-order valence-electron chi connectivity index (χ2n) is 4.79. The summed E-state index contributed by atoms with van der Waals surface area (Å²) in [5.41, 5.74) is 0.650. The van der Waals surface area contributed by atoms with Crippen LogP contribution < -0.4 is 10.1 Å². The first-order valence-electron chi connectivity index (χ1n) is 7.09. The predicted molar refractivity (Wildman–Crippen MR) is 91.0 cm³/mol. The van der Waals surface area contributed by atoms with Gasteiger partial charge >= 0.3 is 5.97 Å². The summed E-state index contributed by atoms with van der Waals surface area (Å²) in [7, 11) is 0. The van der Waals surface area contributed by atoms with Crippen LogP contribution in [0.4, 0.5) is 0 Å². The minimum Gasteiger partial charge on any atom is -0.491 e. The smallest absolute Gasteiger partial charge is 0.322 e. The third-order valence-corrected chi connectivity index (χ3v) is 3.93. The zero-order valence-electron chi connectivity index (χ0n) is 13.0. The fourth-order valence-corrected chi connectivity index (χ4v) is 2.15. The number of aliphatic carboxylic acids is 1. The molecule has 0 heterocycles. The van der Waals surface area contributed by atoms with Crippen molar-refractivity contribution in [1.29, 1.82) is 0 Å². The van der Waals surface area contributed by atoms with Crippen molar-refractivity contribution in [2.24, 2.45) is 0 Å². The molecule has 0 aromatic heterocycles. The summed E-state index contributed by atoms with van der Waals surface area (Å²) < 4.78 is 5.36. The van der Waals surface area contributed by atoms with E-state index in [0.717, 1.165) is 0 Å². The number of amides is 1. The van der Waals surface area contributed by atoms with Crippen molar-refractivity contribution in [2.45, 2.75) is 19.8 Å². The van der Waals surface area contributed by atoms with Gasteiger partial charge in [-0.3, -0.25) is 14.4 Å². The molecule has 2 N–H and O–H groups in total. The highest BCUT2D eigenvalue weighted by Crippen LogP contribution is 2.35. The topological polar surface area (TPSA) is 92.7 Å². The number of carboxylic acids is 1. The molecule has 0 spiro atoms. The Bertz CT molecular complexity index is 673. The molecule has 1 aromatic rings. The van der Waals surface area contributed by atoms with Gasteiger partial charge in [0.05, 0.1) is 18.1 Å². The number of rotatable bonds is 9. The molecule has 1 aromatic carbocycles. The van der Waals surface area contributed by atoms with Gasteiger partial charge in [0.15, 0.2) is 5.78 Å². The molecule has 0 atom stereocenters. The van der Waals surface area contributed by atoms with Crippen molar-refractivity contribution < 1.29 is 24.2 Å². The quantitative estimate of drug-likeness (QED) is 0.512. The Kier molecular flexibility index (Phi) is 7.74. The molecule has 0 aliphatic heterocycles. The number of carbonyl (C=O) groups excluding carboxylic acids is 2. The van der Waals surface area contributed by atoms with Crippen LogP contribution in [0.2, 0.25) is 10.0 Å². The van der Waals surface area contributed by atoms with Crippen LogP contribution in [0.1, 0.15) is 30.1 Å². The van der Waals surface area contributed by atoms with E-state index in [2.05, 4.69) is 11.9 Å². The van der Waals surface area contributed by atoms with E-state index in [9.17, 15) is 14.4 Å². The van der Waals surface area contributed by atoms with Gasteiger partial charge in [-0.25, -0.2) is 0 Å². The zero-order chi connectivity index (χ0) is 18.3. The predicted octanol–water partition coefficient (Wildman–Crippen LogP) is 3.11. The Morgan fingerprint density at radius 1 is 1.25 bits per heavy atom. The first-order chi connectivity index (χ1) is 11.3. The third kappa shape index (κ3) is 5.54. The molecule has 130 valence electrons. The lowest BCUT2D eigenvalue weighted by Crippen LogP contribution is -2.30. The van der Waals surface area contributed by atoms with Gasteiger partial charge in [0.1, 0.15) is 17.3 Å². The molecule has 8 heteroatoms. The van der Waals surface area contributed by atoms with Crippen molar-refractivity contribution >= 4 is 40.9 Å². The molecule has 0 aliphatic rings. The van der Waals surface area contributed by atoms with Gasteiger partial charge in [-0.05, 0) is 24.1 Å². The van der Waals surface area contributed by atoms with Crippen LogP contribution in [0.5, 0.6) is 5.75 Å². The van der Waals surface area contributed by atoms with Gasteiger partial charge in [-0.1, -0.05) is 36.7 Å². The van der Waals surface area contributed by atoms with Crippen LogP contribution >= 0.6 is 23.2 Å². The second-order valence-corrected chi connectivity index (χ2v) is 5.55. The van der Waals surface area contributed by atoms with E-state index in [1.165, 1.54) is 12.1 Å². The number of Topliss-reactive ketones (excluding diaryl/α,β-unsaturated/α-hetero) is 1. The van der Waals surface area contributed by atoms with E-state index in [0.29, 0.717) is 12.0 Å². The number of ketones is 1. The van der Waals surface area contributed by atoms with Crippen LogP contribution in [0.3, 0.4) is 0 Å². The number of carboxylic acid groups (broad SMARTS) is 1. The molecule has 24 heavy (non-hydrogen) atoms. The summed E-state index contributed by atoms with van der Waals surface area (Å²) in [6.45, 7) is 5.01. The Morgan fingerprint density at radius 3 is 2.50 bits per heavy atom. The lowest BCUT2D eigenvalue weighted by molar-refractivity contribution is -0.138. The molecule has 1 rings (SSSR count). The van der Waals surface area contributed by atoms with E-state index in [1.54, 1.807) is 0 Å². The average Bonchev–Trinajstić information content (AvgIpc) is 2.55. The van der Waals surface area contributed by atoms with Crippen molar-refractivity contribution in [3.63, 3.8) is 0 Å². The molecule has 0 saturated carbocycles. The molecule has 0 aliphatic carbocycles. The second kappa shape index (κ2) is 9.30. The minimum absolute atomic E-state index is 0.0174. The molecule has 6 nitrogen and oxygen atoms in total. The van der Waals surface area contributed by atoms with Gasteiger partial charge in [-0.15, -0.1) is 0 Å². The third-order valence-electron chi connectivity index (χ3n) is 3.06. The van der Waals surface area contributed by atoms with E-state index in [4.69, 9.17) is 33.0 Å². The van der Waals surface area contributed by atoms with Gasteiger partial charge in [-0.2, -0.15) is 0 Å². The van der Waals surface area contributed by atoms with Crippen LogP contribution in [-0.4, -0.2) is 35.9 Å². The summed E-state index contributed by atoms with van der Waals surface area (Å²) in [4.78, 5) is 33.8. The Morgan fingerprint density at radius 2 is 1.92 bits per heavy atom. The molecule has 1 amide bonds. The zero-order valence-corrected chi connectivity index (χ0v) is 14.5. The number of benzene rings is 1. The van der Waals surface area contributed by atoms with Crippen LogP contribution in [0.25, 0.3) is 0 Å². The Balaban J connectivity index is 2.70. The van der Waals surface area contributed by atoms with Crippen molar-refractivity contribution in [3.05, 3.63) is 39.9 Å². The molecule has 0 fully saturated rings. The standard InChI is InChI=1S/C16H17Cl2NO5/c1-3-9(2)16(23)10-4-5-11(15(18)14(10)17)24-7-6-12(20)19-8-13(21)22/h4-5H,2-3,6-8H2,1H3,(H,19,20)(H,21,22). The van der Waals surface area contributed by atoms with Gasteiger partial charge < -0.3 is 15.2 Å². The molecule has 0 radical (unpaired) electrons. The number of halogens is 2. The number of allylic oxidation sites excluding steroid dienone is 1. The minimum atomic E-state index is -1.13. The number of hydrogen-bond donors (Lipinski definition) is 2. The van der Waals surface area contributed by atoms with Crippen molar-refractivity contribution in [3.8, 4) is 5.75 Å². The first-order valence-corrected chi connectivity index (χ1v) is 7.85. The average molecular weight is 374 g/mol. The normalized spacial score (nSPS) is 10.1. The highest BCUT2D eigenvalue weighted by Gasteiger charge is 2.18. The lowest BCUT2D eigenvalue weighted by Gasteiger charge is -2.12. The van der Waals surface area contributed by atoms with Crippen LogP contribution in [0, 0.1) is 0 Å². The first kappa shape index (κ1) is 20.0. The lowest BCUT2D eigenvalue weighted by atomic mass is 10.0. The summed E-state index contributed by atoms with van der Waals surface area (Å²) in [5.74, 6) is -1.66. The SMILES string of the molecule is C=C(CC)C(=O)c1ccc(OCCC(=O)NCC(=O)O)c(Cl)c1Cl. The monoisotopic (exact) mass is 373 g/mol. The number of hydrogen-bond acceptors (Lipinski definition) is 4. The molecular formula is C16H17Cl2NO5. The Hall–Kier alpha value is -2.05. The molecule has 0 saturated heterocycles. The van der Waals surface area contributed by atoms with Gasteiger partial charge in [0.2, 0.25) is 5.91 Å². The molecule has 0 bridgehead atoms. The number of ether oxygens (including phenoxy) is 1. The van der Waals surface area contributed by atoms with Crippen LogP contribution in [-0.2, 0) is 9.59 Å². The Labute approximate surface area is 149 Å². The highest BCUT2D eigenvalue weighted by atomic mass is 35.5. The van der Waals surface area contributed by atoms with E-state index in [1.807, 2.05) is 6.92 Å². The van der Waals surface area contributed by atoms with Crippen molar-refractivity contribution in [2.75, 3.05) is 13.2 Å². The summed E-state index contributed by atoms with van der Waals surface area (Å²) in [6, 6.07) is 2.97. The summed E-state index contributed by atoms with van der Waals surface area (Å²) in [6.07, 6.45) is 0.449. The van der Waals surface area contributed by atoms with Gasteiger partial charge in [0.25, 0.3) is 0 Å². The largest absolute Gasteiger partial charge is 0.491 e. The van der Waals surface area contributed by atoms with E-state index >= 15 is 0 Å². The maximum absolute atomic E-state index is 12.1. The molecular weight excluding hydrogens is 357 g/mol. The maximum atomic E-state index is 12.1. The fraction of sp³-hybridized carbons (Fsp3) is 0.312. The molecule has 0 unspecified atom stereocenters. The number of nitrogens with one attached hydrogen (secondary N) is 1. The number of carbonyl (C=O) groups is 3.